The maximum atomic E-state index is 2.46. The van der Waals surface area contributed by atoms with Crippen LogP contribution in [-0.4, -0.2) is 18.3 Å². The Hall–Kier alpha value is -9.94. The van der Waals surface area contributed by atoms with E-state index in [0.717, 1.165) is 22.7 Å². The van der Waals surface area contributed by atoms with E-state index in [2.05, 4.69) is 285 Å². The molecule has 17 aromatic rings. The minimum absolute atomic E-state index is 0. The highest BCUT2D eigenvalue weighted by atomic mass is 32.1. The second-order valence-electron chi connectivity index (χ2n) is 20.5. The molecule has 5 aromatic heterocycles. The predicted octanol–water partition coefficient (Wildman–Crippen LogP) is 20.4. The first kappa shape index (κ1) is 44.4. The number of thiophene rings is 1. The normalized spacial score (nSPS) is 12.0. The Balaban J connectivity index is 0.00000509. The average Bonchev–Trinajstić information content (AvgIpc) is 4.49. The van der Waals surface area contributed by atoms with Gasteiger partial charge in [0.25, 0.3) is 0 Å². The standard InChI is InChI=1S/C72H44N4S.CH4/c1-7-25-63-53(19-1)54-20-2-8-26-64(54)73(63)49-17-13-15-45(39-49)47-31-35-69-59(41-47)57-23-5-11-29-67(57)75(69)51-33-37-71-61(43-51)62-44-52(34-38-72(62)77-71)76-68-30-12-6-24-58(68)60-42-48(32-36-70(60)76)46-16-14-18-50(40-46)74-65-27-9-3-21-55(65)56-22-4-10-28-66(56)74;/h1-44H;1H4. The van der Waals surface area contributed by atoms with E-state index in [1.54, 1.807) is 0 Å². The van der Waals surface area contributed by atoms with Gasteiger partial charge in [0.15, 0.2) is 0 Å². The van der Waals surface area contributed by atoms with E-state index in [9.17, 15) is 0 Å². The topological polar surface area (TPSA) is 19.7 Å². The SMILES string of the molecule is C.c1cc(-c2ccc3c(c2)c2ccccc2n3-c2ccc3sc4ccc(-n5c6ccccc6c6cc(-c7cccc(-n8c9ccccc9c9ccccc98)c7)ccc65)cc4c3c2)cc(-n2c3ccccc3c3ccccc32)c1. The highest BCUT2D eigenvalue weighted by Crippen LogP contribution is 2.43. The molecule has 12 aromatic carbocycles. The Morgan fingerprint density at radius 1 is 0.192 bits per heavy atom. The molecule has 0 bridgehead atoms. The van der Waals surface area contributed by atoms with Gasteiger partial charge in [0.1, 0.15) is 0 Å². The van der Waals surface area contributed by atoms with Gasteiger partial charge in [0.2, 0.25) is 0 Å². The molecule has 0 amide bonds. The van der Waals surface area contributed by atoms with E-state index in [0.29, 0.717) is 0 Å². The Labute approximate surface area is 453 Å². The molecule has 0 aliphatic heterocycles. The number of hydrogen-bond acceptors (Lipinski definition) is 1. The van der Waals surface area contributed by atoms with Crippen LogP contribution in [0.3, 0.4) is 0 Å². The molecule has 0 unspecified atom stereocenters. The van der Waals surface area contributed by atoms with E-state index < -0.39 is 0 Å². The first-order chi connectivity index (χ1) is 38.2. The van der Waals surface area contributed by atoms with Gasteiger partial charge in [-0.15, -0.1) is 11.3 Å². The van der Waals surface area contributed by atoms with Crippen LogP contribution >= 0.6 is 11.3 Å². The first-order valence-electron chi connectivity index (χ1n) is 26.4. The summed E-state index contributed by atoms with van der Waals surface area (Å²) in [6.07, 6.45) is 0. The lowest BCUT2D eigenvalue weighted by Gasteiger charge is -2.12. The molecular formula is C73H48N4S. The number of nitrogens with zero attached hydrogens (tertiary/aromatic N) is 4. The lowest BCUT2D eigenvalue weighted by molar-refractivity contribution is 1.18. The maximum absolute atomic E-state index is 2.46. The fourth-order valence-electron chi connectivity index (χ4n) is 12.9. The van der Waals surface area contributed by atoms with Gasteiger partial charge in [0, 0.05) is 86.0 Å². The van der Waals surface area contributed by atoms with Crippen LogP contribution in [-0.2, 0) is 0 Å². The van der Waals surface area contributed by atoms with Crippen LogP contribution in [0.2, 0.25) is 0 Å². The minimum Gasteiger partial charge on any atom is -0.309 e. The van der Waals surface area contributed by atoms with Gasteiger partial charge in [-0.3, -0.25) is 0 Å². The Kier molecular flexibility index (Phi) is 9.69. The predicted molar refractivity (Wildman–Crippen MR) is 334 cm³/mol. The van der Waals surface area contributed by atoms with Crippen LogP contribution in [0.15, 0.2) is 267 Å². The molecule has 5 heterocycles. The van der Waals surface area contributed by atoms with Crippen LogP contribution in [0.1, 0.15) is 7.43 Å². The van der Waals surface area contributed by atoms with Crippen molar-refractivity contribution in [1.29, 1.82) is 0 Å². The molecule has 5 heteroatoms. The maximum Gasteiger partial charge on any atom is 0.0541 e. The number of aromatic nitrogens is 4. The summed E-state index contributed by atoms with van der Waals surface area (Å²) >= 11 is 1.87. The summed E-state index contributed by atoms with van der Waals surface area (Å²) in [5.74, 6) is 0. The zero-order valence-corrected chi connectivity index (χ0v) is 42.4. The molecule has 4 nitrogen and oxygen atoms in total. The zero-order valence-electron chi connectivity index (χ0n) is 41.6. The summed E-state index contributed by atoms with van der Waals surface area (Å²) in [6.45, 7) is 0. The monoisotopic (exact) mass is 1010 g/mol. The Bertz CT molecular complexity index is 4870. The number of benzene rings is 12. The lowest BCUT2D eigenvalue weighted by Crippen LogP contribution is -1.95. The molecule has 0 saturated heterocycles. The van der Waals surface area contributed by atoms with E-state index in [1.165, 1.54) is 130 Å². The number of hydrogen-bond donors (Lipinski definition) is 0. The molecule has 0 fully saturated rings. The quantitative estimate of drug-likeness (QED) is 0.158. The molecule has 0 aliphatic rings. The van der Waals surface area contributed by atoms with E-state index in [4.69, 9.17) is 0 Å². The van der Waals surface area contributed by atoms with Crippen molar-refractivity contribution < 1.29 is 0 Å². The first-order valence-corrected chi connectivity index (χ1v) is 27.2. The summed E-state index contributed by atoms with van der Waals surface area (Å²) in [5, 5.41) is 12.6. The molecule has 366 valence electrons. The fraction of sp³-hybridized carbons (Fsp3) is 0.0137. The number of para-hydroxylation sites is 6. The molecule has 0 aliphatic carbocycles. The third kappa shape index (κ3) is 6.46. The second kappa shape index (κ2) is 17.0. The van der Waals surface area contributed by atoms with Gasteiger partial charge in [-0.05, 0) is 144 Å². The molecule has 0 N–H and O–H groups in total. The van der Waals surface area contributed by atoms with Crippen LogP contribution < -0.4 is 0 Å². The van der Waals surface area contributed by atoms with Crippen molar-refractivity contribution >= 4 is 119 Å². The summed E-state index contributed by atoms with van der Waals surface area (Å²) < 4.78 is 12.3. The third-order valence-electron chi connectivity index (χ3n) is 16.3. The molecule has 78 heavy (non-hydrogen) atoms. The minimum atomic E-state index is 0. The van der Waals surface area contributed by atoms with Gasteiger partial charge in [0.05, 0.1) is 44.1 Å². The van der Waals surface area contributed by atoms with Crippen molar-refractivity contribution in [2.75, 3.05) is 0 Å². The van der Waals surface area contributed by atoms with Gasteiger partial charge < -0.3 is 18.3 Å². The summed E-state index contributed by atoms with van der Waals surface area (Å²) in [4.78, 5) is 0. The molecule has 0 atom stereocenters. The van der Waals surface area contributed by atoms with Crippen molar-refractivity contribution in [2.45, 2.75) is 7.43 Å². The van der Waals surface area contributed by atoms with Gasteiger partial charge in [-0.2, -0.15) is 0 Å². The Morgan fingerprint density at radius 2 is 0.474 bits per heavy atom. The molecule has 0 radical (unpaired) electrons. The largest absolute Gasteiger partial charge is 0.309 e. The van der Waals surface area contributed by atoms with Crippen LogP contribution in [0, 0.1) is 0 Å². The van der Waals surface area contributed by atoms with E-state index in [1.807, 2.05) is 11.3 Å². The molecule has 0 spiro atoms. The van der Waals surface area contributed by atoms with Crippen molar-refractivity contribution in [2.24, 2.45) is 0 Å². The molecular weight excluding hydrogens is 965 g/mol. The Morgan fingerprint density at radius 3 is 0.821 bits per heavy atom. The van der Waals surface area contributed by atoms with Gasteiger partial charge in [-0.1, -0.05) is 153 Å². The van der Waals surface area contributed by atoms with Crippen LogP contribution in [0.5, 0.6) is 0 Å². The number of rotatable bonds is 6. The summed E-state index contributed by atoms with van der Waals surface area (Å²) in [6, 6.07) is 98.8. The summed E-state index contributed by atoms with van der Waals surface area (Å²) in [7, 11) is 0. The lowest BCUT2D eigenvalue weighted by atomic mass is 10.0. The molecule has 0 saturated carbocycles. The van der Waals surface area contributed by atoms with Crippen LogP contribution in [0.4, 0.5) is 0 Å². The van der Waals surface area contributed by atoms with Crippen molar-refractivity contribution in [3.63, 3.8) is 0 Å². The highest BCUT2D eigenvalue weighted by Gasteiger charge is 2.20. The van der Waals surface area contributed by atoms with Crippen molar-refractivity contribution in [1.82, 2.24) is 18.3 Å². The average molecular weight is 1010 g/mol. The number of fused-ring (bicyclic) bond motifs is 15. The summed E-state index contributed by atoms with van der Waals surface area (Å²) in [5.41, 5.74) is 19.0. The van der Waals surface area contributed by atoms with E-state index in [-0.39, 0.29) is 7.43 Å². The smallest absolute Gasteiger partial charge is 0.0541 e. The highest BCUT2D eigenvalue weighted by molar-refractivity contribution is 7.25. The molecule has 17 rings (SSSR count). The van der Waals surface area contributed by atoms with Crippen LogP contribution in [0.25, 0.3) is 152 Å². The van der Waals surface area contributed by atoms with E-state index >= 15 is 0 Å². The van der Waals surface area contributed by atoms with Gasteiger partial charge >= 0.3 is 0 Å². The van der Waals surface area contributed by atoms with Crippen molar-refractivity contribution in [3.8, 4) is 45.0 Å². The fourth-order valence-corrected chi connectivity index (χ4v) is 14.0. The van der Waals surface area contributed by atoms with Crippen molar-refractivity contribution in [3.05, 3.63) is 267 Å². The third-order valence-corrected chi connectivity index (χ3v) is 17.5. The second-order valence-corrected chi connectivity index (χ2v) is 21.6. The zero-order chi connectivity index (χ0) is 50.3. The van der Waals surface area contributed by atoms with Gasteiger partial charge in [-0.25, -0.2) is 0 Å².